The van der Waals surface area contributed by atoms with E-state index in [-0.39, 0.29) is 31.1 Å². The van der Waals surface area contributed by atoms with Gasteiger partial charge >= 0.3 is 6.09 Å². The highest BCUT2D eigenvalue weighted by atomic mass is 32.2. The van der Waals surface area contributed by atoms with E-state index in [0.29, 0.717) is 45.6 Å². The van der Waals surface area contributed by atoms with Crippen molar-refractivity contribution in [2.75, 3.05) is 52.8 Å². The lowest BCUT2D eigenvalue weighted by molar-refractivity contribution is -0.122. The van der Waals surface area contributed by atoms with Crippen LogP contribution in [-0.2, 0) is 24.3 Å². The zero-order valence-electron chi connectivity index (χ0n) is 15.2. The van der Waals surface area contributed by atoms with Gasteiger partial charge in [0.2, 0.25) is 15.9 Å². The van der Waals surface area contributed by atoms with Crippen LogP contribution >= 0.6 is 0 Å². The zero-order chi connectivity index (χ0) is 18.9. The fourth-order valence-corrected chi connectivity index (χ4v) is 3.41. The molecule has 0 spiro atoms. The van der Waals surface area contributed by atoms with E-state index in [1.54, 1.807) is 18.9 Å². The Morgan fingerprint density at radius 2 is 1.92 bits per heavy atom. The third kappa shape index (κ3) is 8.02. The van der Waals surface area contributed by atoms with E-state index in [1.165, 1.54) is 0 Å². The number of nitrogens with zero attached hydrogens (tertiary/aromatic N) is 2. The first kappa shape index (κ1) is 21.7. The van der Waals surface area contributed by atoms with Gasteiger partial charge in [-0.3, -0.25) is 4.79 Å². The van der Waals surface area contributed by atoms with E-state index in [2.05, 4.69) is 5.32 Å². The molecule has 0 aromatic rings. The molecule has 1 N–H and O–H groups in total. The molecule has 1 heterocycles. The summed E-state index contributed by atoms with van der Waals surface area (Å²) in [7, 11) is -1.92. The summed E-state index contributed by atoms with van der Waals surface area (Å²) < 4.78 is 34.6. The van der Waals surface area contributed by atoms with E-state index in [9.17, 15) is 18.0 Å². The molecule has 25 heavy (non-hydrogen) atoms. The molecule has 1 rings (SSSR count). The van der Waals surface area contributed by atoms with Gasteiger partial charge in [0.25, 0.3) is 0 Å². The van der Waals surface area contributed by atoms with Crippen molar-refractivity contribution in [3.8, 4) is 0 Å². The summed E-state index contributed by atoms with van der Waals surface area (Å²) >= 11 is 0. The minimum absolute atomic E-state index is 0.0708. The molecule has 2 amide bonds. The van der Waals surface area contributed by atoms with E-state index in [0.717, 1.165) is 10.6 Å². The number of rotatable bonds is 9. The predicted octanol–water partition coefficient (Wildman–Crippen LogP) is 0.0216. The highest BCUT2D eigenvalue weighted by Crippen LogP contribution is 2.11. The van der Waals surface area contributed by atoms with Gasteiger partial charge in [-0.15, -0.1) is 0 Å². The van der Waals surface area contributed by atoms with Gasteiger partial charge in [-0.05, 0) is 26.2 Å². The third-order valence-corrected chi connectivity index (χ3v) is 5.18. The monoisotopic (exact) mass is 379 g/mol. The first-order chi connectivity index (χ1) is 11.8. The van der Waals surface area contributed by atoms with Crippen LogP contribution in [0.5, 0.6) is 0 Å². The summed E-state index contributed by atoms with van der Waals surface area (Å²) in [5.41, 5.74) is 0. The number of hydrogen-bond donors (Lipinski definition) is 1. The number of carbonyl (C=O) groups excluding carboxylic acids is 2. The molecule has 0 aromatic carbocycles. The van der Waals surface area contributed by atoms with Gasteiger partial charge < -0.3 is 19.7 Å². The van der Waals surface area contributed by atoms with Gasteiger partial charge in [0.15, 0.2) is 0 Å². The summed E-state index contributed by atoms with van der Waals surface area (Å²) in [6.07, 6.45) is 2.51. The maximum absolute atomic E-state index is 12.2. The van der Waals surface area contributed by atoms with Gasteiger partial charge in [0.05, 0.1) is 19.4 Å². The number of amides is 2. The number of piperidine rings is 1. The summed E-state index contributed by atoms with van der Waals surface area (Å²) in [6, 6.07) is -0.0708. The molecular weight excluding hydrogens is 350 g/mol. The molecule has 0 aromatic heterocycles. The highest BCUT2D eigenvalue weighted by molar-refractivity contribution is 7.88. The first-order valence-corrected chi connectivity index (χ1v) is 10.3. The van der Waals surface area contributed by atoms with Crippen molar-refractivity contribution >= 4 is 22.0 Å². The normalized spacial score (nSPS) is 16.1. The smallest absolute Gasteiger partial charge is 0.409 e. The maximum atomic E-state index is 12.2. The van der Waals surface area contributed by atoms with Crippen molar-refractivity contribution in [3.63, 3.8) is 0 Å². The molecular formula is C15H29N3O6S. The van der Waals surface area contributed by atoms with Crippen molar-refractivity contribution in [2.45, 2.75) is 32.2 Å². The lowest BCUT2D eigenvalue weighted by atomic mass is 10.1. The molecule has 0 aliphatic carbocycles. The molecule has 0 saturated carbocycles. The van der Waals surface area contributed by atoms with E-state index < -0.39 is 10.0 Å². The minimum Gasteiger partial charge on any atom is -0.450 e. The molecule has 1 fully saturated rings. The van der Waals surface area contributed by atoms with Crippen molar-refractivity contribution in [1.29, 1.82) is 0 Å². The van der Waals surface area contributed by atoms with Gasteiger partial charge in [0, 0.05) is 39.4 Å². The Kier molecular flexibility index (Phi) is 9.15. The molecule has 10 heteroatoms. The second-order valence-electron chi connectivity index (χ2n) is 5.97. The molecule has 9 nitrogen and oxygen atoms in total. The van der Waals surface area contributed by atoms with Gasteiger partial charge in [-0.1, -0.05) is 0 Å². The summed E-state index contributed by atoms with van der Waals surface area (Å²) in [5, 5.41) is 2.85. The average molecular weight is 379 g/mol. The molecule has 0 radical (unpaired) electrons. The number of nitrogens with one attached hydrogen (secondary N) is 1. The number of sulfonamides is 1. The summed E-state index contributed by atoms with van der Waals surface area (Å²) in [6.45, 7) is 3.56. The number of methoxy groups -OCH3 is 1. The molecule has 1 saturated heterocycles. The van der Waals surface area contributed by atoms with E-state index in [4.69, 9.17) is 9.47 Å². The fraction of sp³-hybridized carbons (Fsp3) is 0.867. The first-order valence-electron chi connectivity index (χ1n) is 8.43. The Labute approximate surface area is 149 Å². The van der Waals surface area contributed by atoms with Crippen LogP contribution in [0.4, 0.5) is 4.79 Å². The highest BCUT2D eigenvalue weighted by Gasteiger charge is 2.26. The van der Waals surface area contributed by atoms with Gasteiger partial charge in [0.1, 0.15) is 0 Å². The Morgan fingerprint density at radius 3 is 2.44 bits per heavy atom. The van der Waals surface area contributed by atoms with Crippen LogP contribution < -0.4 is 5.32 Å². The predicted molar refractivity (Wildman–Crippen MR) is 92.7 cm³/mol. The van der Waals surface area contributed by atoms with E-state index >= 15 is 0 Å². The number of hydrogen-bond acceptors (Lipinski definition) is 6. The van der Waals surface area contributed by atoms with Gasteiger partial charge in [-0.2, -0.15) is 4.31 Å². The molecule has 146 valence electrons. The second kappa shape index (κ2) is 10.6. The maximum Gasteiger partial charge on any atom is 0.409 e. The number of carbonyl (C=O) groups is 2. The van der Waals surface area contributed by atoms with Crippen LogP contribution in [0.25, 0.3) is 0 Å². The molecule has 0 bridgehead atoms. The van der Waals surface area contributed by atoms with Crippen molar-refractivity contribution in [2.24, 2.45) is 0 Å². The quantitative estimate of drug-likeness (QED) is 0.566. The van der Waals surface area contributed by atoms with Crippen molar-refractivity contribution < 1.29 is 27.5 Å². The SMILES string of the molecule is CCOC(=O)N1CCC(NC(=O)CN(CCCOC)S(C)(=O)=O)CC1. The summed E-state index contributed by atoms with van der Waals surface area (Å²) in [5.74, 6) is -0.336. The van der Waals surface area contributed by atoms with E-state index in [1.807, 2.05) is 0 Å². The Hall–Kier alpha value is -1.39. The lowest BCUT2D eigenvalue weighted by Gasteiger charge is -2.32. The average Bonchev–Trinajstić information content (AvgIpc) is 2.54. The standard InChI is InChI=1S/C15H29N3O6S/c1-4-24-15(20)17-9-6-13(7-10-17)16-14(19)12-18(25(3,21)22)8-5-11-23-2/h13H,4-12H2,1-3H3,(H,16,19). The van der Waals surface area contributed by atoms with Crippen LogP contribution in [0.15, 0.2) is 0 Å². The van der Waals surface area contributed by atoms with Crippen LogP contribution in [0.2, 0.25) is 0 Å². The Balaban J connectivity index is 2.43. The lowest BCUT2D eigenvalue weighted by Crippen LogP contribution is -2.49. The van der Waals surface area contributed by atoms with Crippen molar-refractivity contribution in [3.05, 3.63) is 0 Å². The zero-order valence-corrected chi connectivity index (χ0v) is 16.0. The number of likely N-dealkylation sites (tertiary alicyclic amines) is 1. The molecule has 1 aliphatic rings. The van der Waals surface area contributed by atoms with Crippen LogP contribution in [0, 0.1) is 0 Å². The second-order valence-corrected chi connectivity index (χ2v) is 7.95. The van der Waals surface area contributed by atoms with Crippen LogP contribution in [0.3, 0.4) is 0 Å². The molecule has 1 aliphatic heterocycles. The van der Waals surface area contributed by atoms with Gasteiger partial charge in [-0.25, -0.2) is 13.2 Å². The largest absolute Gasteiger partial charge is 0.450 e. The van der Waals surface area contributed by atoms with Crippen LogP contribution in [-0.4, -0.2) is 88.4 Å². The summed E-state index contributed by atoms with van der Waals surface area (Å²) in [4.78, 5) is 25.4. The fourth-order valence-electron chi connectivity index (χ4n) is 2.60. The third-order valence-electron chi connectivity index (χ3n) is 3.93. The van der Waals surface area contributed by atoms with Crippen molar-refractivity contribution in [1.82, 2.24) is 14.5 Å². The Morgan fingerprint density at radius 1 is 1.28 bits per heavy atom. The topological polar surface area (TPSA) is 105 Å². The molecule has 0 unspecified atom stereocenters. The molecule has 0 atom stereocenters. The Bertz CT molecular complexity index is 531. The minimum atomic E-state index is -3.46. The van der Waals surface area contributed by atoms with Crippen LogP contribution in [0.1, 0.15) is 26.2 Å². The number of ether oxygens (including phenoxy) is 2.